The Morgan fingerprint density at radius 3 is 2.56 bits per heavy atom. The summed E-state index contributed by atoms with van der Waals surface area (Å²) in [5, 5.41) is 4.01. The molecule has 2 atom stereocenters. The lowest BCUT2D eigenvalue weighted by Gasteiger charge is -2.43. The molecular weight excluding hydrogens is 222 g/mol. The largest absolute Gasteiger partial charge is 0.329 e. The molecule has 1 saturated carbocycles. The normalized spacial score (nSPS) is 38.8. The van der Waals surface area contributed by atoms with E-state index in [1.165, 1.54) is 70.9 Å². The number of rotatable bonds is 3. The smallest absolute Gasteiger partial charge is 0.0475 e. The van der Waals surface area contributed by atoms with Crippen LogP contribution in [0.2, 0.25) is 0 Å². The predicted octanol–water partition coefficient (Wildman–Crippen LogP) is 1.86. The summed E-state index contributed by atoms with van der Waals surface area (Å²) in [6.07, 6.45) is 12.4. The molecule has 3 fully saturated rings. The molecule has 0 spiro atoms. The third-order valence-electron chi connectivity index (χ3n) is 5.56. The number of nitrogens with one attached hydrogen (secondary N) is 1. The van der Waals surface area contributed by atoms with Crippen molar-refractivity contribution < 1.29 is 0 Å². The Labute approximate surface area is 111 Å². The van der Waals surface area contributed by atoms with E-state index in [1.807, 2.05) is 0 Å². The van der Waals surface area contributed by atoms with Crippen molar-refractivity contribution in [1.29, 1.82) is 0 Å². The molecule has 0 bridgehead atoms. The summed E-state index contributed by atoms with van der Waals surface area (Å²) < 4.78 is 0. The number of hydrogen-bond donors (Lipinski definition) is 2. The number of nitrogens with two attached hydrogens (primary N) is 1. The minimum Gasteiger partial charge on any atom is -0.329 e. The van der Waals surface area contributed by atoms with Crippen molar-refractivity contribution in [3.8, 4) is 0 Å². The highest BCUT2D eigenvalue weighted by molar-refractivity contribution is 5.08. The van der Waals surface area contributed by atoms with Crippen LogP contribution < -0.4 is 11.1 Å². The van der Waals surface area contributed by atoms with Crippen LogP contribution in [0.1, 0.15) is 57.8 Å². The van der Waals surface area contributed by atoms with Gasteiger partial charge in [-0.05, 0) is 38.6 Å². The van der Waals surface area contributed by atoms with Crippen LogP contribution >= 0.6 is 0 Å². The van der Waals surface area contributed by atoms with E-state index in [0.29, 0.717) is 0 Å². The van der Waals surface area contributed by atoms with E-state index < -0.39 is 0 Å². The van der Waals surface area contributed by atoms with Gasteiger partial charge < -0.3 is 11.1 Å². The maximum Gasteiger partial charge on any atom is 0.0475 e. The van der Waals surface area contributed by atoms with Gasteiger partial charge in [0.15, 0.2) is 0 Å². The maximum atomic E-state index is 6.20. The van der Waals surface area contributed by atoms with Crippen LogP contribution in [-0.2, 0) is 0 Å². The van der Waals surface area contributed by atoms with Gasteiger partial charge in [-0.2, -0.15) is 0 Å². The highest BCUT2D eigenvalue weighted by Gasteiger charge is 2.47. The first-order chi connectivity index (χ1) is 8.84. The molecule has 3 N–H and O–H groups in total. The van der Waals surface area contributed by atoms with Crippen molar-refractivity contribution in [1.82, 2.24) is 10.2 Å². The van der Waals surface area contributed by atoms with E-state index in [9.17, 15) is 0 Å². The van der Waals surface area contributed by atoms with E-state index >= 15 is 0 Å². The van der Waals surface area contributed by atoms with Crippen LogP contribution in [-0.4, -0.2) is 42.2 Å². The Morgan fingerprint density at radius 2 is 1.78 bits per heavy atom. The number of hydrogen-bond acceptors (Lipinski definition) is 3. The summed E-state index contributed by atoms with van der Waals surface area (Å²) in [7, 11) is 0. The van der Waals surface area contributed by atoms with E-state index in [2.05, 4.69) is 10.2 Å². The maximum absolute atomic E-state index is 6.20. The fraction of sp³-hybridized carbons (Fsp3) is 1.00. The number of nitrogens with zero attached hydrogens (tertiary/aromatic N) is 1. The summed E-state index contributed by atoms with van der Waals surface area (Å²) in [5.41, 5.74) is 6.44. The van der Waals surface area contributed by atoms with Crippen LogP contribution in [0.25, 0.3) is 0 Å². The SMILES string of the molecule is NCC1(NC2CCCCC2)CCN2CCCCC21. The van der Waals surface area contributed by atoms with Crippen molar-refractivity contribution >= 4 is 0 Å². The second-order valence-corrected chi connectivity index (χ2v) is 6.64. The highest BCUT2D eigenvalue weighted by Crippen LogP contribution is 2.36. The summed E-state index contributed by atoms with van der Waals surface area (Å²) >= 11 is 0. The molecule has 2 aliphatic heterocycles. The zero-order valence-electron chi connectivity index (χ0n) is 11.7. The lowest BCUT2D eigenvalue weighted by molar-refractivity contribution is 0.126. The van der Waals surface area contributed by atoms with Gasteiger partial charge in [0, 0.05) is 30.7 Å². The summed E-state index contributed by atoms with van der Waals surface area (Å²) in [6.45, 7) is 3.39. The van der Waals surface area contributed by atoms with E-state index in [-0.39, 0.29) is 5.54 Å². The van der Waals surface area contributed by atoms with Gasteiger partial charge in [-0.25, -0.2) is 0 Å². The van der Waals surface area contributed by atoms with Gasteiger partial charge in [0.2, 0.25) is 0 Å². The first-order valence-corrected chi connectivity index (χ1v) is 8.06. The molecule has 0 aromatic carbocycles. The molecule has 1 aliphatic carbocycles. The average Bonchev–Trinajstić information content (AvgIpc) is 2.80. The van der Waals surface area contributed by atoms with Gasteiger partial charge in [-0.15, -0.1) is 0 Å². The lowest BCUT2D eigenvalue weighted by atomic mass is 9.83. The predicted molar refractivity (Wildman–Crippen MR) is 75.6 cm³/mol. The Hall–Kier alpha value is -0.120. The summed E-state index contributed by atoms with van der Waals surface area (Å²) in [6, 6.07) is 1.46. The fourth-order valence-electron chi connectivity index (χ4n) is 4.51. The molecule has 0 amide bonds. The molecule has 3 rings (SSSR count). The van der Waals surface area contributed by atoms with Crippen molar-refractivity contribution in [3.63, 3.8) is 0 Å². The molecule has 3 nitrogen and oxygen atoms in total. The second-order valence-electron chi connectivity index (χ2n) is 6.64. The van der Waals surface area contributed by atoms with Crippen molar-refractivity contribution in [2.24, 2.45) is 5.73 Å². The van der Waals surface area contributed by atoms with E-state index in [1.54, 1.807) is 0 Å². The fourth-order valence-corrected chi connectivity index (χ4v) is 4.51. The third-order valence-corrected chi connectivity index (χ3v) is 5.56. The molecule has 2 unspecified atom stereocenters. The van der Waals surface area contributed by atoms with Crippen molar-refractivity contribution in [3.05, 3.63) is 0 Å². The summed E-state index contributed by atoms with van der Waals surface area (Å²) in [4.78, 5) is 2.70. The van der Waals surface area contributed by atoms with Crippen LogP contribution in [0.15, 0.2) is 0 Å². The van der Waals surface area contributed by atoms with Crippen LogP contribution in [0, 0.1) is 0 Å². The molecule has 104 valence electrons. The van der Waals surface area contributed by atoms with Gasteiger partial charge in [-0.3, -0.25) is 4.90 Å². The molecule has 18 heavy (non-hydrogen) atoms. The van der Waals surface area contributed by atoms with Gasteiger partial charge in [0.1, 0.15) is 0 Å². The van der Waals surface area contributed by atoms with Crippen LogP contribution in [0.5, 0.6) is 0 Å². The Morgan fingerprint density at radius 1 is 1.00 bits per heavy atom. The minimum atomic E-state index is 0.239. The molecule has 3 heteroatoms. The average molecular weight is 251 g/mol. The van der Waals surface area contributed by atoms with E-state index in [4.69, 9.17) is 5.73 Å². The summed E-state index contributed by atoms with van der Waals surface area (Å²) in [5.74, 6) is 0. The van der Waals surface area contributed by atoms with Crippen LogP contribution in [0.4, 0.5) is 0 Å². The monoisotopic (exact) mass is 251 g/mol. The number of piperidine rings is 1. The van der Waals surface area contributed by atoms with Gasteiger partial charge >= 0.3 is 0 Å². The molecule has 2 heterocycles. The molecule has 0 aromatic rings. The van der Waals surface area contributed by atoms with Gasteiger partial charge in [0.05, 0.1) is 0 Å². The van der Waals surface area contributed by atoms with E-state index in [0.717, 1.165) is 18.6 Å². The second kappa shape index (κ2) is 5.48. The first-order valence-electron chi connectivity index (χ1n) is 8.06. The Kier molecular flexibility index (Phi) is 3.92. The topological polar surface area (TPSA) is 41.3 Å². The lowest BCUT2D eigenvalue weighted by Crippen LogP contribution is -2.62. The van der Waals surface area contributed by atoms with Crippen molar-refractivity contribution in [2.45, 2.75) is 75.4 Å². The third kappa shape index (κ3) is 2.33. The zero-order valence-corrected chi connectivity index (χ0v) is 11.7. The quantitative estimate of drug-likeness (QED) is 0.804. The molecule has 0 radical (unpaired) electrons. The Bertz CT molecular complexity index is 275. The first kappa shape index (κ1) is 12.9. The van der Waals surface area contributed by atoms with Gasteiger partial charge in [0.25, 0.3) is 0 Å². The molecule has 2 saturated heterocycles. The highest BCUT2D eigenvalue weighted by atomic mass is 15.3. The van der Waals surface area contributed by atoms with Crippen molar-refractivity contribution in [2.75, 3.05) is 19.6 Å². The Balaban J connectivity index is 1.69. The molecular formula is C15H29N3. The number of fused-ring (bicyclic) bond motifs is 1. The molecule has 0 aromatic heterocycles. The molecule has 3 aliphatic rings. The zero-order chi connectivity index (χ0) is 12.4. The van der Waals surface area contributed by atoms with Crippen LogP contribution in [0.3, 0.4) is 0 Å². The standard InChI is InChI=1S/C15H29N3/c16-12-15(17-13-6-2-1-3-7-13)9-11-18-10-5-4-8-14(15)18/h13-14,17H,1-12,16H2. The van der Waals surface area contributed by atoms with Gasteiger partial charge in [-0.1, -0.05) is 25.7 Å². The minimum absolute atomic E-state index is 0.239.